The molecule has 4 rings (SSSR count). The Balaban J connectivity index is 1.71. The summed E-state index contributed by atoms with van der Waals surface area (Å²) in [5.74, 6) is 1.57. The Bertz CT molecular complexity index is 1070. The average Bonchev–Trinajstić information content (AvgIpc) is 3.07. The molecule has 0 spiro atoms. The molecule has 0 bridgehead atoms. The number of anilines is 2. The third-order valence-corrected chi connectivity index (χ3v) is 4.10. The second-order valence-electron chi connectivity index (χ2n) is 5.81. The molecule has 6 heteroatoms. The molecule has 0 unspecified atom stereocenters. The van der Waals surface area contributed by atoms with Crippen LogP contribution in [-0.4, -0.2) is 15.0 Å². The van der Waals surface area contributed by atoms with E-state index in [2.05, 4.69) is 15.0 Å². The standard InChI is InChI=1S/C19H17N5O/c1-11-2-4-14(20)17(18(11)21)19-23-9-7-16(24-19)25-13-3-5-15-12(10-13)6-8-22-15/h2-10,22H,20-21H2,1H3. The Labute approximate surface area is 144 Å². The van der Waals surface area contributed by atoms with Crippen molar-refractivity contribution < 1.29 is 4.74 Å². The minimum Gasteiger partial charge on any atom is -0.439 e. The van der Waals surface area contributed by atoms with E-state index in [1.165, 1.54) is 0 Å². The van der Waals surface area contributed by atoms with Crippen LogP contribution in [0.1, 0.15) is 5.56 Å². The van der Waals surface area contributed by atoms with E-state index in [4.69, 9.17) is 16.2 Å². The van der Waals surface area contributed by atoms with E-state index in [1.807, 2.05) is 43.5 Å². The molecule has 5 N–H and O–H groups in total. The minimum atomic E-state index is 0.431. The number of H-pyrrole nitrogens is 1. The Morgan fingerprint density at radius 1 is 1.04 bits per heavy atom. The Hall–Kier alpha value is -3.54. The molecule has 25 heavy (non-hydrogen) atoms. The van der Waals surface area contributed by atoms with E-state index in [0.29, 0.717) is 34.4 Å². The molecule has 0 aliphatic heterocycles. The summed E-state index contributed by atoms with van der Waals surface area (Å²) in [6.07, 6.45) is 3.52. The van der Waals surface area contributed by atoms with E-state index in [0.717, 1.165) is 16.5 Å². The van der Waals surface area contributed by atoms with E-state index in [1.54, 1.807) is 18.3 Å². The molecule has 6 nitrogen and oxygen atoms in total. The highest BCUT2D eigenvalue weighted by molar-refractivity contribution is 5.85. The number of nitrogens with zero attached hydrogens (tertiary/aromatic N) is 2. The van der Waals surface area contributed by atoms with Crippen molar-refractivity contribution in [1.29, 1.82) is 0 Å². The van der Waals surface area contributed by atoms with Crippen molar-refractivity contribution in [2.24, 2.45) is 0 Å². The Kier molecular flexibility index (Phi) is 3.50. The summed E-state index contributed by atoms with van der Waals surface area (Å²) in [7, 11) is 0. The van der Waals surface area contributed by atoms with Crippen LogP contribution in [0.15, 0.2) is 54.9 Å². The average molecular weight is 331 g/mol. The van der Waals surface area contributed by atoms with Gasteiger partial charge < -0.3 is 21.2 Å². The van der Waals surface area contributed by atoms with E-state index < -0.39 is 0 Å². The molecule has 2 aromatic carbocycles. The maximum absolute atomic E-state index is 6.16. The number of fused-ring (bicyclic) bond motifs is 1. The van der Waals surface area contributed by atoms with Crippen molar-refractivity contribution in [1.82, 2.24) is 15.0 Å². The van der Waals surface area contributed by atoms with Gasteiger partial charge >= 0.3 is 0 Å². The number of aromatic amines is 1. The van der Waals surface area contributed by atoms with Gasteiger partial charge in [-0.3, -0.25) is 0 Å². The molecule has 0 aliphatic carbocycles. The lowest BCUT2D eigenvalue weighted by molar-refractivity contribution is 0.463. The molecule has 124 valence electrons. The van der Waals surface area contributed by atoms with Crippen LogP contribution in [0.2, 0.25) is 0 Å². The fourth-order valence-electron chi connectivity index (χ4n) is 2.73. The fourth-order valence-corrected chi connectivity index (χ4v) is 2.73. The first kappa shape index (κ1) is 15.0. The quantitative estimate of drug-likeness (QED) is 0.494. The molecule has 4 aromatic rings. The maximum atomic E-state index is 6.16. The fraction of sp³-hybridized carbons (Fsp3) is 0.0526. The summed E-state index contributed by atoms with van der Waals surface area (Å²) in [4.78, 5) is 11.9. The lowest BCUT2D eigenvalue weighted by Crippen LogP contribution is -2.02. The molecular formula is C19H17N5O. The summed E-state index contributed by atoms with van der Waals surface area (Å²) in [5, 5.41) is 1.07. The zero-order valence-corrected chi connectivity index (χ0v) is 13.7. The topological polar surface area (TPSA) is 103 Å². The molecule has 2 heterocycles. The van der Waals surface area contributed by atoms with Crippen LogP contribution in [-0.2, 0) is 0 Å². The predicted octanol–water partition coefficient (Wildman–Crippen LogP) is 3.89. The van der Waals surface area contributed by atoms with Gasteiger partial charge in [-0.1, -0.05) is 6.07 Å². The smallest absolute Gasteiger partial charge is 0.222 e. The molecule has 2 aromatic heterocycles. The van der Waals surface area contributed by atoms with Crippen molar-refractivity contribution in [3.05, 3.63) is 60.4 Å². The summed E-state index contributed by atoms with van der Waals surface area (Å²) in [6.45, 7) is 1.92. The summed E-state index contributed by atoms with van der Waals surface area (Å²) >= 11 is 0. The van der Waals surface area contributed by atoms with Crippen LogP contribution >= 0.6 is 0 Å². The van der Waals surface area contributed by atoms with Gasteiger partial charge in [0.2, 0.25) is 5.88 Å². The van der Waals surface area contributed by atoms with Gasteiger partial charge in [-0.05, 0) is 42.8 Å². The summed E-state index contributed by atoms with van der Waals surface area (Å²) in [5.41, 5.74) is 16.0. The van der Waals surface area contributed by atoms with Gasteiger partial charge in [-0.15, -0.1) is 0 Å². The van der Waals surface area contributed by atoms with Crippen molar-refractivity contribution in [3.63, 3.8) is 0 Å². The lowest BCUT2D eigenvalue weighted by Gasteiger charge is -2.11. The SMILES string of the molecule is Cc1ccc(N)c(-c2nccc(Oc3ccc4[nH]ccc4c3)n2)c1N. The molecule has 0 fully saturated rings. The van der Waals surface area contributed by atoms with E-state index in [-0.39, 0.29) is 0 Å². The third kappa shape index (κ3) is 2.74. The first-order valence-corrected chi connectivity index (χ1v) is 7.85. The number of nitrogen functional groups attached to an aromatic ring is 2. The first-order chi connectivity index (χ1) is 12.1. The second kappa shape index (κ2) is 5.83. The van der Waals surface area contributed by atoms with Gasteiger partial charge in [0.1, 0.15) is 5.75 Å². The van der Waals surface area contributed by atoms with Gasteiger partial charge in [-0.2, -0.15) is 4.98 Å². The molecule has 0 saturated heterocycles. The van der Waals surface area contributed by atoms with Crippen LogP contribution in [0.25, 0.3) is 22.3 Å². The van der Waals surface area contributed by atoms with Crippen LogP contribution in [0.5, 0.6) is 11.6 Å². The summed E-state index contributed by atoms with van der Waals surface area (Å²) in [6, 6.07) is 13.2. The number of rotatable bonds is 3. The second-order valence-corrected chi connectivity index (χ2v) is 5.81. The molecule has 0 aliphatic rings. The molecular weight excluding hydrogens is 314 g/mol. The number of benzene rings is 2. The highest BCUT2D eigenvalue weighted by Crippen LogP contribution is 2.33. The zero-order valence-electron chi connectivity index (χ0n) is 13.7. The van der Waals surface area contributed by atoms with Crippen molar-refractivity contribution >= 4 is 22.3 Å². The minimum absolute atomic E-state index is 0.431. The van der Waals surface area contributed by atoms with E-state index >= 15 is 0 Å². The molecule has 0 amide bonds. The first-order valence-electron chi connectivity index (χ1n) is 7.85. The van der Waals surface area contributed by atoms with Crippen molar-refractivity contribution in [2.75, 3.05) is 11.5 Å². The normalized spacial score (nSPS) is 10.9. The van der Waals surface area contributed by atoms with Gasteiger partial charge in [0.05, 0.1) is 5.56 Å². The molecule has 0 saturated carbocycles. The monoisotopic (exact) mass is 331 g/mol. The number of nitrogens with one attached hydrogen (secondary N) is 1. The Morgan fingerprint density at radius 3 is 2.80 bits per heavy atom. The number of hydrogen-bond acceptors (Lipinski definition) is 5. The Morgan fingerprint density at radius 2 is 1.92 bits per heavy atom. The van der Waals surface area contributed by atoms with Gasteiger partial charge in [-0.25, -0.2) is 4.98 Å². The van der Waals surface area contributed by atoms with Gasteiger partial charge in [0, 0.05) is 40.7 Å². The van der Waals surface area contributed by atoms with Crippen molar-refractivity contribution in [3.8, 4) is 23.0 Å². The highest BCUT2D eigenvalue weighted by Gasteiger charge is 2.13. The van der Waals surface area contributed by atoms with Crippen molar-refractivity contribution in [2.45, 2.75) is 6.92 Å². The number of hydrogen-bond donors (Lipinski definition) is 3. The highest BCUT2D eigenvalue weighted by atomic mass is 16.5. The maximum Gasteiger partial charge on any atom is 0.222 e. The van der Waals surface area contributed by atoms with Crippen LogP contribution < -0.4 is 16.2 Å². The van der Waals surface area contributed by atoms with Crippen LogP contribution in [0.3, 0.4) is 0 Å². The lowest BCUT2D eigenvalue weighted by atomic mass is 10.1. The third-order valence-electron chi connectivity index (χ3n) is 4.10. The number of aryl methyl sites for hydroxylation is 1. The molecule has 0 radical (unpaired) electrons. The van der Waals surface area contributed by atoms with Gasteiger partial charge in [0.25, 0.3) is 0 Å². The number of nitrogens with two attached hydrogens (primary N) is 2. The van der Waals surface area contributed by atoms with E-state index in [9.17, 15) is 0 Å². The zero-order chi connectivity index (χ0) is 17.4. The number of aromatic nitrogens is 3. The van der Waals surface area contributed by atoms with Crippen LogP contribution in [0.4, 0.5) is 11.4 Å². The largest absolute Gasteiger partial charge is 0.439 e. The number of ether oxygens (including phenoxy) is 1. The van der Waals surface area contributed by atoms with Gasteiger partial charge in [0.15, 0.2) is 5.82 Å². The van der Waals surface area contributed by atoms with Crippen LogP contribution in [0, 0.1) is 6.92 Å². The molecule has 0 atom stereocenters. The predicted molar refractivity (Wildman–Crippen MR) is 99.4 cm³/mol. The summed E-state index contributed by atoms with van der Waals surface area (Å²) < 4.78 is 5.88.